The minimum Gasteiger partial charge on any atom is -0.454 e. The van der Waals surface area contributed by atoms with Gasteiger partial charge in [0.05, 0.1) is 17.3 Å². The molecule has 0 amide bonds. The van der Waals surface area contributed by atoms with E-state index < -0.39 is 0 Å². The Morgan fingerprint density at radius 3 is 3.11 bits per heavy atom. The summed E-state index contributed by atoms with van der Waals surface area (Å²) in [6.07, 6.45) is 6.91. The highest BCUT2D eigenvalue weighted by molar-refractivity contribution is 9.10. The first-order valence-electron chi connectivity index (χ1n) is 5.54. The summed E-state index contributed by atoms with van der Waals surface area (Å²) in [6.45, 7) is 0.614. The van der Waals surface area contributed by atoms with Crippen molar-refractivity contribution in [1.29, 1.82) is 0 Å². The second-order valence-electron chi connectivity index (χ2n) is 4.00. The molecule has 1 aromatic heterocycles. The maximum absolute atomic E-state index is 6.03. The van der Waals surface area contributed by atoms with Crippen LogP contribution in [0.15, 0.2) is 22.9 Å². The van der Waals surface area contributed by atoms with Crippen molar-refractivity contribution < 1.29 is 9.47 Å². The Labute approximate surface area is 118 Å². The number of benzene rings is 1. The highest BCUT2D eigenvalue weighted by Crippen LogP contribution is 2.42. The topological polar surface area (TPSA) is 62.3 Å². The molecule has 0 spiro atoms. The average molecular weight is 320 g/mol. The van der Waals surface area contributed by atoms with Crippen LogP contribution >= 0.6 is 15.9 Å². The molecule has 0 aliphatic carbocycles. The van der Waals surface area contributed by atoms with Gasteiger partial charge in [-0.1, -0.05) is 5.92 Å². The van der Waals surface area contributed by atoms with E-state index in [2.05, 4.69) is 26.8 Å². The third-order valence-corrected chi connectivity index (χ3v) is 3.43. The van der Waals surface area contributed by atoms with Gasteiger partial charge in [-0.25, -0.2) is 4.98 Å². The molecule has 96 valence electrons. The van der Waals surface area contributed by atoms with Crippen LogP contribution in [0.2, 0.25) is 0 Å². The number of aromatic nitrogens is 2. The van der Waals surface area contributed by atoms with Crippen LogP contribution in [-0.4, -0.2) is 16.3 Å². The summed E-state index contributed by atoms with van der Waals surface area (Å²) in [6, 6.07) is 3.75. The number of nitrogen functional groups attached to an aromatic ring is 1. The van der Waals surface area contributed by atoms with Crippen LogP contribution in [0.1, 0.15) is 0 Å². The maximum atomic E-state index is 6.03. The molecule has 6 heteroatoms. The van der Waals surface area contributed by atoms with Gasteiger partial charge in [0.15, 0.2) is 11.5 Å². The smallest absolute Gasteiger partial charge is 0.231 e. The fraction of sp³-hybridized carbons (Fsp3) is 0.154. The van der Waals surface area contributed by atoms with E-state index in [0.29, 0.717) is 29.6 Å². The summed E-state index contributed by atoms with van der Waals surface area (Å²) in [5.41, 5.74) is 7.56. The van der Waals surface area contributed by atoms with Gasteiger partial charge in [-0.3, -0.25) is 0 Å². The second kappa shape index (κ2) is 4.52. The minimum absolute atomic E-state index is 0.221. The zero-order chi connectivity index (χ0) is 13.4. The van der Waals surface area contributed by atoms with Crippen molar-refractivity contribution in [2.75, 3.05) is 12.5 Å². The van der Waals surface area contributed by atoms with Crippen molar-refractivity contribution in [3.05, 3.63) is 22.9 Å². The lowest BCUT2D eigenvalue weighted by atomic mass is 10.1. The van der Waals surface area contributed by atoms with Gasteiger partial charge in [-0.15, -0.1) is 6.42 Å². The zero-order valence-corrected chi connectivity index (χ0v) is 11.5. The normalized spacial score (nSPS) is 12.4. The van der Waals surface area contributed by atoms with E-state index >= 15 is 0 Å². The third-order valence-electron chi connectivity index (χ3n) is 2.84. The Bertz CT molecular complexity index is 688. The first kappa shape index (κ1) is 11.9. The maximum Gasteiger partial charge on any atom is 0.231 e. The lowest BCUT2D eigenvalue weighted by molar-refractivity contribution is 0.173. The molecule has 1 aliphatic heterocycles. The average Bonchev–Trinajstić information content (AvgIpc) is 2.98. The Balaban J connectivity index is 2.08. The van der Waals surface area contributed by atoms with Gasteiger partial charge in [0.2, 0.25) is 6.79 Å². The SMILES string of the molecule is C#CCn1cnc(-c2cc(Br)c3c(c2)OCO3)c1N. The monoisotopic (exact) mass is 319 g/mol. The quantitative estimate of drug-likeness (QED) is 0.862. The fourth-order valence-electron chi connectivity index (χ4n) is 1.94. The number of ether oxygens (including phenoxy) is 2. The van der Waals surface area contributed by atoms with Crippen LogP contribution in [0.25, 0.3) is 11.3 Å². The number of halogens is 1. The van der Waals surface area contributed by atoms with E-state index in [1.165, 1.54) is 0 Å². The van der Waals surface area contributed by atoms with Gasteiger partial charge in [0.1, 0.15) is 11.5 Å². The van der Waals surface area contributed by atoms with Crippen molar-refractivity contribution in [1.82, 2.24) is 9.55 Å². The summed E-state index contributed by atoms with van der Waals surface area (Å²) < 4.78 is 13.2. The first-order valence-corrected chi connectivity index (χ1v) is 6.33. The van der Waals surface area contributed by atoms with E-state index in [1.807, 2.05) is 12.1 Å². The molecule has 1 aromatic carbocycles. The molecule has 0 bridgehead atoms. The van der Waals surface area contributed by atoms with Gasteiger partial charge in [0.25, 0.3) is 0 Å². The molecule has 0 unspecified atom stereocenters. The molecule has 0 radical (unpaired) electrons. The summed E-state index contributed by atoms with van der Waals surface area (Å²) in [4.78, 5) is 4.30. The molecule has 2 heterocycles. The Morgan fingerprint density at radius 1 is 1.47 bits per heavy atom. The van der Waals surface area contributed by atoms with Crippen LogP contribution in [0.3, 0.4) is 0 Å². The van der Waals surface area contributed by atoms with Crippen LogP contribution in [0.4, 0.5) is 5.82 Å². The highest BCUT2D eigenvalue weighted by Gasteiger charge is 2.20. The van der Waals surface area contributed by atoms with Crippen molar-refractivity contribution in [3.8, 4) is 35.1 Å². The van der Waals surface area contributed by atoms with Crippen LogP contribution in [0, 0.1) is 12.3 Å². The number of anilines is 1. The molecule has 0 saturated carbocycles. The van der Waals surface area contributed by atoms with Gasteiger partial charge >= 0.3 is 0 Å². The summed E-state index contributed by atoms with van der Waals surface area (Å²) in [7, 11) is 0. The van der Waals surface area contributed by atoms with Crippen LogP contribution in [0.5, 0.6) is 11.5 Å². The number of hydrogen-bond acceptors (Lipinski definition) is 4. The van der Waals surface area contributed by atoms with Gasteiger partial charge in [0, 0.05) is 5.56 Å². The summed E-state index contributed by atoms with van der Waals surface area (Å²) >= 11 is 3.44. The molecular weight excluding hydrogens is 310 g/mol. The lowest BCUT2D eigenvalue weighted by Crippen LogP contribution is -2.00. The molecular formula is C13H10BrN3O2. The van der Waals surface area contributed by atoms with Crippen LogP contribution < -0.4 is 15.2 Å². The number of nitrogens with zero attached hydrogens (tertiary/aromatic N) is 2. The van der Waals surface area contributed by atoms with E-state index in [9.17, 15) is 0 Å². The Kier molecular flexibility index (Phi) is 2.84. The molecule has 0 fully saturated rings. The first-order chi connectivity index (χ1) is 9.20. The third kappa shape index (κ3) is 1.92. The molecule has 3 rings (SSSR count). The van der Waals surface area contributed by atoms with E-state index in [4.69, 9.17) is 21.6 Å². The summed E-state index contributed by atoms with van der Waals surface area (Å²) in [5.74, 6) is 4.44. The van der Waals surface area contributed by atoms with Crippen LogP contribution in [-0.2, 0) is 6.54 Å². The number of imidazole rings is 1. The van der Waals surface area contributed by atoms with E-state index in [-0.39, 0.29) is 6.79 Å². The van der Waals surface area contributed by atoms with Crippen molar-refractivity contribution in [2.45, 2.75) is 6.54 Å². The Morgan fingerprint density at radius 2 is 2.32 bits per heavy atom. The number of hydrogen-bond donors (Lipinski definition) is 1. The molecule has 1 aliphatic rings. The fourth-order valence-corrected chi connectivity index (χ4v) is 2.50. The molecule has 19 heavy (non-hydrogen) atoms. The predicted molar refractivity (Wildman–Crippen MR) is 74.7 cm³/mol. The molecule has 2 aromatic rings. The molecule has 2 N–H and O–H groups in total. The van der Waals surface area contributed by atoms with Crippen molar-refractivity contribution >= 4 is 21.7 Å². The number of fused-ring (bicyclic) bond motifs is 1. The number of rotatable bonds is 2. The number of nitrogens with two attached hydrogens (primary N) is 1. The predicted octanol–water partition coefficient (Wildman–Crippen LogP) is 2.26. The minimum atomic E-state index is 0.221. The van der Waals surface area contributed by atoms with E-state index in [0.717, 1.165) is 10.0 Å². The molecule has 5 nitrogen and oxygen atoms in total. The summed E-state index contributed by atoms with van der Waals surface area (Å²) in [5, 5.41) is 0. The molecule has 0 saturated heterocycles. The second-order valence-corrected chi connectivity index (χ2v) is 4.86. The van der Waals surface area contributed by atoms with E-state index in [1.54, 1.807) is 10.9 Å². The van der Waals surface area contributed by atoms with Crippen molar-refractivity contribution in [3.63, 3.8) is 0 Å². The standard InChI is InChI=1S/C13H10BrN3O2/c1-2-3-17-6-16-11(13(17)15)8-4-9(14)12-10(5-8)18-7-19-12/h1,4-6H,3,7,15H2. The molecule has 0 atom stereocenters. The zero-order valence-electron chi connectivity index (χ0n) is 9.89. The van der Waals surface area contributed by atoms with Crippen molar-refractivity contribution in [2.24, 2.45) is 0 Å². The highest BCUT2D eigenvalue weighted by atomic mass is 79.9. The van der Waals surface area contributed by atoms with Gasteiger partial charge < -0.3 is 19.8 Å². The Hall–Kier alpha value is -2.13. The largest absolute Gasteiger partial charge is 0.454 e. The van der Waals surface area contributed by atoms with Gasteiger partial charge in [-0.05, 0) is 28.1 Å². The number of terminal acetylenes is 1. The lowest BCUT2D eigenvalue weighted by Gasteiger charge is -2.05. The van der Waals surface area contributed by atoms with Gasteiger partial charge in [-0.2, -0.15) is 0 Å².